The van der Waals surface area contributed by atoms with Crippen LogP contribution in [0.15, 0.2) is 24.4 Å². The molecule has 4 nitrogen and oxygen atoms in total. The Morgan fingerprint density at radius 1 is 1.44 bits per heavy atom. The van der Waals surface area contributed by atoms with E-state index < -0.39 is 0 Å². The molecule has 0 fully saturated rings. The van der Waals surface area contributed by atoms with Crippen LogP contribution >= 0.6 is 12.2 Å². The number of thiocarbonyl (C=S) groups is 1. The Morgan fingerprint density at radius 2 is 2.19 bits per heavy atom. The van der Waals surface area contributed by atoms with Crippen molar-refractivity contribution in [2.45, 2.75) is 6.92 Å². The fraction of sp³-hybridized carbons (Fsp3) is 0.545. The summed E-state index contributed by atoms with van der Waals surface area (Å²) in [4.78, 5) is 2.30. The van der Waals surface area contributed by atoms with Gasteiger partial charge in [-0.15, -0.1) is 0 Å². The van der Waals surface area contributed by atoms with Crippen LogP contribution < -0.4 is 16.4 Å². The van der Waals surface area contributed by atoms with E-state index in [1.165, 1.54) is 0 Å². The summed E-state index contributed by atoms with van der Waals surface area (Å²) < 4.78 is 0. The summed E-state index contributed by atoms with van der Waals surface area (Å²) in [6, 6.07) is 0. The van der Waals surface area contributed by atoms with Crippen molar-refractivity contribution in [1.29, 1.82) is 0 Å². The second-order valence-corrected chi connectivity index (χ2v) is 3.70. The lowest BCUT2D eigenvalue weighted by atomic mass is 10.4. The summed E-state index contributed by atoms with van der Waals surface area (Å²) >= 11 is 4.74. The van der Waals surface area contributed by atoms with Crippen LogP contribution in [0.4, 0.5) is 0 Å². The third-order valence-corrected chi connectivity index (χ3v) is 2.19. The van der Waals surface area contributed by atoms with Crippen molar-refractivity contribution < 1.29 is 0 Å². The van der Waals surface area contributed by atoms with E-state index in [2.05, 4.69) is 28.5 Å². The number of allylic oxidation sites excluding steroid dienone is 2. The Morgan fingerprint density at radius 3 is 2.75 bits per heavy atom. The highest BCUT2D eigenvalue weighted by atomic mass is 32.1. The Balaban J connectivity index is 3.70. The smallest absolute Gasteiger partial charge is 0.163 e. The molecule has 0 aromatic carbocycles. The van der Waals surface area contributed by atoms with Crippen molar-refractivity contribution in [2.24, 2.45) is 5.73 Å². The fourth-order valence-corrected chi connectivity index (χ4v) is 1.26. The molecule has 0 aliphatic carbocycles. The van der Waals surface area contributed by atoms with Gasteiger partial charge in [0.25, 0.3) is 0 Å². The molecule has 0 saturated heterocycles. The average Bonchev–Trinajstić information content (AvgIpc) is 2.26. The first kappa shape index (κ1) is 14.9. The van der Waals surface area contributed by atoms with Crippen LogP contribution in [-0.2, 0) is 0 Å². The van der Waals surface area contributed by atoms with Gasteiger partial charge >= 0.3 is 0 Å². The maximum atomic E-state index is 5.35. The average molecular weight is 242 g/mol. The van der Waals surface area contributed by atoms with E-state index in [0.717, 1.165) is 26.2 Å². The van der Waals surface area contributed by atoms with Gasteiger partial charge in [-0.3, -0.25) is 4.90 Å². The normalized spacial score (nSPS) is 11.4. The number of likely N-dealkylation sites (N-methyl/N-ethyl adjacent to an activating group) is 1. The van der Waals surface area contributed by atoms with Crippen LogP contribution in [0.2, 0.25) is 0 Å². The zero-order valence-electron chi connectivity index (χ0n) is 10.1. The lowest BCUT2D eigenvalue weighted by Gasteiger charge is -2.18. The number of nitrogens with zero attached hydrogens (tertiary/aromatic N) is 1. The van der Waals surface area contributed by atoms with Gasteiger partial charge < -0.3 is 16.4 Å². The summed E-state index contributed by atoms with van der Waals surface area (Å²) in [5, 5.41) is 6.24. The van der Waals surface area contributed by atoms with Gasteiger partial charge in [-0.1, -0.05) is 19.1 Å². The largest absolute Gasteiger partial charge is 0.394 e. The van der Waals surface area contributed by atoms with Gasteiger partial charge in [-0.25, -0.2) is 0 Å². The standard InChI is InChI=1S/C11H22N4S/c1-3-15(10-8-14-11(12)16)9-6-4-5-7-13-2/h4-7,13H,3,8-10H2,1-2H3,(H3,12,14,16)/b6-4-,7-5-. The maximum absolute atomic E-state index is 5.35. The van der Waals surface area contributed by atoms with E-state index >= 15 is 0 Å². The van der Waals surface area contributed by atoms with Crippen molar-refractivity contribution in [3.63, 3.8) is 0 Å². The number of hydrogen-bond acceptors (Lipinski definition) is 3. The molecule has 0 unspecified atom stereocenters. The van der Waals surface area contributed by atoms with Crippen molar-refractivity contribution in [1.82, 2.24) is 15.5 Å². The second kappa shape index (κ2) is 10.4. The Labute approximate surface area is 104 Å². The third kappa shape index (κ3) is 9.48. The van der Waals surface area contributed by atoms with E-state index in [-0.39, 0.29) is 0 Å². The molecule has 0 amide bonds. The van der Waals surface area contributed by atoms with Gasteiger partial charge in [0, 0.05) is 26.7 Å². The number of nitrogens with one attached hydrogen (secondary N) is 2. The molecule has 16 heavy (non-hydrogen) atoms. The SMILES string of the molecule is CCN(C/C=C\C=C/NC)CCNC(N)=S. The number of rotatable bonds is 8. The fourth-order valence-electron chi connectivity index (χ4n) is 1.16. The highest BCUT2D eigenvalue weighted by Crippen LogP contribution is 1.88. The molecule has 0 radical (unpaired) electrons. The van der Waals surface area contributed by atoms with Crippen LogP contribution in [-0.4, -0.2) is 43.2 Å². The lowest BCUT2D eigenvalue weighted by Crippen LogP contribution is -2.37. The van der Waals surface area contributed by atoms with Crippen LogP contribution in [0.25, 0.3) is 0 Å². The molecule has 4 N–H and O–H groups in total. The maximum Gasteiger partial charge on any atom is 0.163 e. The van der Waals surface area contributed by atoms with E-state index in [4.69, 9.17) is 18.0 Å². The monoisotopic (exact) mass is 242 g/mol. The summed E-state index contributed by atoms with van der Waals surface area (Å²) in [7, 11) is 1.88. The van der Waals surface area contributed by atoms with Gasteiger partial charge in [0.15, 0.2) is 5.11 Å². The van der Waals surface area contributed by atoms with E-state index in [9.17, 15) is 0 Å². The second-order valence-electron chi connectivity index (χ2n) is 3.26. The minimum absolute atomic E-state index is 0.364. The predicted molar refractivity (Wildman–Crippen MR) is 74.2 cm³/mol. The van der Waals surface area contributed by atoms with Crippen LogP contribution in [0.1, 0.15) is 6.92 Å². The minimum Gasteiger partial charge on any atom is -0.394 e. The zero-order valence-corrected chi connectivity index (χ0v) is 10.9. The molecule has 0 saturated carbocycles. The molecule has 0 bridgehead atoms. The summed E-state index contributed by atoms with van der Waals surface area (Å²) in [6.45, 7) is 5.82. The molecule has 0 aliphatic rings. The molecule has 0 atom stereocenters. The molecule has 0 aromatic heterocycles. The molecule has 0 rings (SSSR count). The number of hydrogen-bond donors (Lipinski definition) is 3. The summed E-state index contributed by atoms with van der Waals surface area (Å²) in [6.07, 6.45) is 8.01. The Kier molecular flexibility index (Phi) is 9.75. The van der Waals surface area contributed by atoms with E-state index in [0.29, 0.717) is 5.11 Å². The van der Waals surface area contributed by atoms with Crippen molar-refractivity contribution in [3.05, 3.63) is 24.4 Å². The summed E-state index contributed by atoms with van der Waals surface area (Å²) in [5.74, 6) is 0. The minimum atomic E-state index is 0.364. The van der Waals surface area contributed by atoms with E-state index in [1.54, 1.807) is 0 Å². The highest BCUT2D eigenvalue weighted by molar-refractivity contribution is 7.80. The molecule has 92 valence electrons. The third-order valence-electron chi connectivity index (χ3n) is 2.05. The van der Waals surface area contributed by atoms with Gasteiger partial charge in [0.2, 0.25) is 0 Å². The van der Waals surface area contributed by atoms with Gasteiger partial charge in [-0.05, 0) is 31.0 Å². The first-order chi connectivity index (χ1) is 7.70. The zero-order chi connectivity index (χ0) is 12.2. The van der Waals surface area contributed by atoms with Crippen molar-refractivity contribution >= 4 is 17.3 Å². The first-order valence-electron chi connectivity index (χ1n) is 5.45. The lowest BCUT2D eigenvalue weighted by molar-refractivity contribution is 0.324. The van der Waals surface area contributed by atoms with Gasteiger partial charge in [0.1, 0.15) is 0 Å². The van der Waals surface area contributed by atoms with Crippen molar-refractivity contribution in [3.8, 4) is 0 Å². The Bertz CT molecular complexity index is 238. The molecule has 0 heterocycles. The molecular formula is C11H22N4S. The molecule has 0 aliphatic heterocycles. The van der Waals surface area contributed by atoms with Crippen molar-refractivity contribution in [2.75, 3.05) is 33.2 Å². The topological polar surface area (TPSA) is 53.3 Å². The van der Waals surface area contributed by atoms with Crippen LogP contribution in [0, 0.1) is 0 Å². The molecule has 0 spiro atoms. The van der Waals surface area contributed by atoms with Crippen LogP contribution in [0.5, 0.6) is 0 Å². The van der Waals surface area contributed by atoms with Crippen LogP contribution in [0.3, 0.4) is 0 Å². The van der Waals surface area contributed by atoms with Gasteiger partial charge in [0.05, 0.1) is 0 Å². The molecule has 0 aromatic rings. The van der Waals surface area contributed by atoms with E-state index in [1.807, 2.05) is 25.4 Å². The molecular weight excluding hydrogens is 220 g/mol. The quantitative estimate of drug-likeness (QED) is 0.426. The van der Waals surface area contributed by atoms with Gasteiger partial charge in [-0.2, -0.15) is 0 Å². The Hall–Kier alpha value is -1.07. The first-order valence-corrected chi connectivity index (χ1v) is 5.86. The highest BCUT2D eigenvalue weighted by Gasteiger charge is 1.98. The number of nitrogens with two attached hydrogens (primary N) is 1. The summed E-state index contributed by atoms with van der Waals surface area (Å²) in [5.41, 5.74) is 5.35. The molecule has 5 heteroatoms. The predicted octanol–water partition coefficient (Wildman–Crippen LogP) is 0.431.